The van der Waals surface area contributed by atoms with Crippen LogP contribution in [0.15, 0.2) is 30.6 Å². The Morgan fingerprint density at radius 3 is 2.50 bits per heavy atom. The summed E-state index contributed by atoms with van der Waals surface area (Å²) < 4.78 is 1.80. The molecule has 14 heavy (non-hydrogen) atoms. The van der Waals surface area contributed by atoms with Crippen molar-refractivity contribution in [2.45, 2.75) is 20.3 Å². The van der Waals surface area contributed by atoms with Gasteiger partial charge in [-0.2, -0.15) is 5.10 Å². The molecule has 0 atom stereocenters. The standard InChI is InChI=1S/C11H13N3/c1-3-11-12-8-14(13-11)10-6-4-9(2)5-7-10/h4-8H,3H2,1-2H3. The molecule has 1 aromatic carbocycles. The summed E-state index contributed by atoms with van der Waals surface area (Å²) in [5.41, 5.74) is 2.31. The monoisotopic (exact) mass is 187 g/mol. The molecule has 72 valence electrons. The maximum Gasteiger partial charge on any atom is 0.150 e. The summed E-state index contributed by atoms with van der Waals surface area (Å²) >= 11 is 0. The molecule has 0 radical (unpaired) electrons. The van der Waals surface area contributed by atoms with Crippen LogP contribution in [0.3, 0.4) is 0 Å². The first-order valence-electron chi connectivity index (χ1n) is 4.77. The Kier molecular flexibility index (Phi) is 2.31. The lowest BCUT2D eigenvalue weighted by Gasteiger charge is -1.99. The van der Waals surface area contributed by atoms with Gasteiger partial charge < -0.3 is 0 Å². The normalized spacial score (nSPS) is 10.4. The quantitative estimate of drug-likeness (QED) is 0.721. The van der Waals surface area contributed by atoms with E-state index in [0.29, 0.717) is 0 Å². The van der Waals surface area contributed by atoms with Crippen LogP contribution in [0.5, 0.6) is 0 Å². The predicted octanol–water partition coefficient (Wildman–Crippen LogP) is 2.14. The van der Waals surface area contributed by atoms with E-state index in [2.05, 4.69) is 36.1 Å². The van der Waals surface area contributed by atoms with E-state index in [4.69, 9.17) is 0 Å². The Balaban J connectivity index is 2.34. The van der Waals surface area contributed by atoms with Crippen LogP contribution in [0.2, 0.25) is 0 Å². The summed E-state index contributed by atoms with van der Waals surface area (Å²) in [4.78, 5) is 4.19. The summed E-state index contributed by atoms with van der Waals surface area (Å²) in [7, 11) is 0. The lowest BCUT2D eigenvalue weighted by molar-refractivity contribution is 0.839. The van der Waals surface area contributed by atoms with Crippen LogP contribution in [0.4, 0.5) is 0 Å². The number of hydrogen-bond donors (Lipinski definition) is 0. The molecule has 1 heterocycles. The van der Waals surface area contributed by atoms with Crippen molar-refractivity contribution >= 4 is 0 Å². The van der Waals surface area contributed by atoms with Gasteiger partial charge in [0.05, 0.1) is 5.69 Å². The maximum absolute atomic E-state index is 4.33. The number of rotatable bonds is 2. The van der Waals surface area contributed by atoms with Gasteiger partial charge in [0.15, 0.2) is 5.82 Å². The van der Waals surface area contributed by atoms with Crippen molar-refractivity contribution in [3.8, 4) is 5.69 Å². The zero-order valence-electron chi connectivity index (χ0n) is 8.44. The van der Waals surface area contributed by atoms with E-state index in [0.717, 1.165) is 17.9 Å². The highest BCUT2D eigenvalue weighted by atomic mass is 15.3. The highest BCUT2D eigenvalue weighted by molar-refractivity contribution is 5.32. The van der Waals surface area contributed by atoms with Gasteiger partial charge in [-0.1, -0.05) is 24.6 Å². The van der Waals surface area contributed by atoms with Gasteiger partial charge in [-0.15, -0.1) is 0 Å². The van der Waals surface area contributed by atoms with Crippen LogP contribution >= 0.6 is 0 Å². The molecular weight excluding hydrogens is 174 g/mol. The molecule has 0 bridgehead atoms. The molecule has 0 aliphatic carbocycles. The van der Waals surface area contributed by atoms with Crippen molar-refractivity contribution in [1.29, 1.82) is 0 Å². The van der Waals surface area contributed by atoms with Crippen molar-refractivity contribution in [2.75, 3.05) is 0 Å². The van der Waals surface area contributed by atoms with Crippen molar-refractivity contribution < 1.29 is 0 Å². The molecule has 0 amide bonds. The Labute approximate surface area is 83.4 Å². The Morgan fingerprint density at radius 1 is 1.21 bits per heavy atom. The van der Waals surface area contributed by atoms with Gasteiger partial charge in [0, 0.05) is 6.42 Å². The Bertz CT molecular complexity index is 414. The molecule has 0 saturated heterocycles. The molecule has 1 aromatic heterocycles. The molecule has 2 rings (SSSR count). The molecular formula is C11H13N3. The minimum Gasteiger partial charge on any atom is -0.221 e. The predicted molar refractivity (Wildman–Crippen MR) is 55.5 cm³/mol. The fourth-order valence-electron chi connectivity index (χ4n) is 1.28. The molecule has 3 heteroatoms. The summed E-state index contributed by atoms with van der Waals surface area (Å²) in [6.45, 7) is 4.12. The van der Waals surface area contributed by atoms with Gasteiger partial charge in [-0.05, 0) is 19.1 Å². The summed E-state index contributed by atoms with van der Waals surface area (Å²) in [5, 5.41) is 4.33. The van der Waals surface area contributed by atoms with Gasteiger partial charge in [0.25, 0.3) is 0 Å². The smallest absolute Gasteiger partial charge is 0.150 e. The summed E-state index contributed by atoms with van der Waals surface area (Å²) in [5.74, 6) is 0.880. The zero-order chi connectivity index (χ0) is 9.97. The summed E-state index contributed by atoms with van der Waals surface area (Å²) in [6, 6.07) is 8.23. The number of benzene rings is 1. The molecule has 0 N–H and O–H groups in total. The number of aryl methyl sites for hydroxylation is 2. The lowest BCUT2D eigenvalue weighted by atomic mass is 10.2. The van der Waals surface area contributed by atoms with Gasteiger partial charge >= 0.3 is 0 Å². The second-order valence-corrected chi connectivity index (χ2v) is 3.29. The van der Waals surface area contributed by atoms with Crippen LogP contribution in [0, 0.1) is 6.92 Å². The van der Waals surface area contributed by atoms with Crippen LogP contribution < -0.4 is 0 Å². The topological polar surface area (TPSA) is 30.7 Å². The largest absolute Gasteiger partial charge is 0.221 e. The van der Waals surface area contributed by atoms with Crippen LogP contribution in [0.25, 0.3) is 5.69 Å². The SMILES string of the molecule is CCc1ncn(-c2ccc(C)cc2)n1. The van der Waals surface area contributed by atoms with Gasteiger partial charge in [0.1, 0.15) is 6.33 Å². The first kappa shape index (κ1) is 8.94. The second kappa shape index (κ2) is 3.62. The van der Waals surface area contributed by atoms with E-state index >= 15 is 0 Å². The zero-order valence-corrected chi connectivity index (χ0v) is 8.44. The highest BCUT2D eigenvalue weighted by Gasteiger charge is 1.99. The van der Waals surface area contributed by atoms with E-state index in [9.17, 15) is 0 Å². The third-order valence-corrected chi connectivity index (χ3v) is 2.15. The number of nitrogens with zero attached hydrogens (tertiary/aromatic N) is 3. The molecule has 0 fully saturated rings. The van der Waals surface area contributed by atoms with E-state index < -0.39 is 0 Å². The van der Waals surface area contributed by atoms with E-state index in [-0.39, 0.29) is 0 Å². The number of hydrogen-bond acceptors (Lipinski definition) is 2. The fraction of sp³-hybridized carbons (Fsp3) is 0.273. The molecule has 0 spiro atoms. The molecule has 0 aliphatic rings. The van der Waals surface area contributed by atoms with Crippen LogP contribution in [-0.2, 0) is 6.42 Å². The van der Waals surface area contributed by atoms with Crippen LogP contribution in [-0.4, -0.2) is 14.8 Å². The molecule has 0 saturated carbocycles. The minimum atomic E-state index is 0.874. The van der Waals surface area contributed by atoms with Crippen molar-refractivity contribution in [2.24, 2.45) is 0 Å². The molecule has 0 unspecified atom stereocenters. The molecule has 0 aliphatic heterocycles. The highest BCUT2D eigenvalue weighted by Crippen LogP contribution is 2.07. The minimum absolute atomic E-state index is 0.874. The average molecular weight is 187 g/mol. The van der Waals surface area contributed by atoms with E-state index in [1.54, 1.807) is 11.0 Å². The van der Waals surface area contributed by atoms with Gasteiger partial charge in [-0.25, -0.2) is 9.67 Å². The van der Waals surface area contributed by atoms with E-state index in [1.807, 2.05) is 12.1 Å². The first-order chi connectivity index (χ1) is 6.79. The Hall–Kier alpha value is -1.64. The Morgan fingerprint density at radius 2 is 1.93 bits per heavy atom. The maximum atomic E-state index is 4.33. The summed E-state index contributed by atoms with van der Waals surface area (Å²) in [6.07, 6.45) is 2.63. The van der Waals surface area contributed by atoms with E-state index in [1.165, 1.54) is 5.56 Å². The third-order valence-electron chi connectivity index (χ3n) is 2.15. The third kappa shape index (κ3) is 1.66. The van der Waals surface area contributed by atoms with Crippen LogP contribution in [0.1, 0.15) is 18.3 Å². The van der Waals surface area contributed by atoms with Gasteiger partial charge in [0.2, 0.25) is 0 Å². The second-order valence-electron chi connectivity index (χ2n) is 3.29. The van der Waals surface area contributed by atoms with Crippen molar-refractivity contribution in [3.05, 3.63) is 42.0 Å². The average Bonchev–Trinajstić information content (AvgIpc) is 2.67. The number of aromatic nitrogens is 3. The van der Waals surface area contributed by atoms with Gasteiger partial charge in [-0.3, -0.25) is 0 Å². The fourth-order valence-corrected chi connectivity index (χ4v) is 1.28. The first-order valence-corrected chi connectivity index (χ1v) is 4.77. The molecule has 2 aromatic rings. The van der Waals surface area contributed by atoms with Crippen molar-refractivity contribution in [1.82, 2.24) is 14.8 Å². The van der Waals surface area contributed by atoms with Crippen molar-refractivity contribution in [3.63, 3.8) is 0 Å². The lowest BCUT2D eigenvalue weighted by Crippen LogP contribution is -1.95. The molecule has 3 nitrogen and oxygen atoms in total.